The zero-order chi connectivity index (χ0) is 13.6. The number of aryl methyl sites for hydroxylation is 3. The number of allylic oxidation sites excluding steroid dienone is 1. The lowest BCUT2D eigenvalue weighted by atomic mass is 9.89. The molecule has 0 aliphatic heterocycles. The van der Waals surface area contributed by atoms with Gasteiger partial charge in [0.05, 0.1) is 0 Å². The predicted molar refractivity (Wildman–Crippen MR) is 83.4 cm³/mol. The molecule has 0 atom stereocenters. The summed E-state index contributed by atoms with van der Waals surface area (Å²) in [7, 11) is 0. The summed E-state index contributed by atoms with van der Waals surface area (Å²) in [5, 5.41) is 0. The van der Waals surface area contributed by atoms with Crippen LogP contribution in [0.2, 0.25) is 0 Å². The first-order valence-corrected chi connectivity index (χ1v) is 6.93. The van der Waals surface area contributed by atoms with Crippen molar-refractivity contribution in [2.45, 2.75) is 34.1 Å². The van der Waals surface area contributed by atoms with Crippen molar-refractivity contribution in [3.05, 3.63) is 63.7 Å². The van der Waals surface area contributed by atoms with E-state index in [1.165, 1.54) is 44.5 Å². The molecule has 3 rings (SSSR count). The average molecular weight is 248 g/mol. The van der Waals surface area contributed by atoms with Crippen molar-refractivity contribution in [2.75, 3.05) is 0 Å². The Hall–Kier alpha value is -1.82. The van der Waals surface area contributed by atoms with Gasteiger partial charge in [0.2, 0.25) is 0 Å². The van der Waals surface area contributed by atoms with Crippen molar-refractivity contribution < 1.29 is 0 Å². The Bertz CT molecular complexity index is 664. The number of hydrogen-bond acceptors (Lipinski definition) is 0. The zero-order valence-corrected chi connectivity index (χ0v) is 12.2. The molecule has 0 amide bonds. The van der Waals surface area contributed by atoms with Crippen LogP contribution in [0.1, 0.15) is 34.7 Å². The van der Waals surface area contributed by atoms with Crippen LogP contribution in [-0.2, 0) is 6.42 Å². The molecule has 0 bridgehead atoms. The van der Waals surface area contributed by atoms with Gasteiger partial charge >= 0.3 is 0 Å². The van der Waals surface area contributed by atoms with Crippen molar-refractivity contribution >= 4 is 6.08 Å². The van der Waals surface area contributed by atoms with E-state index in [1.54, 1.807) is 0 Å². The molecule has 0 heteroatoms. The lowest BCUT2D eigenvalue weighted by Crippen LogP contribution is -1.95. The summed E-state index contributed by atoms with van der Waals surface area (Å²) in [6, 6.07) is 11.3. The summed E-state index contributed by atoms with van der Waals surface area (Å²) < 4.78 is 0. The van der Waals surface area contributed by atoms with E-state index < -0.39 is 0 Å². The Morgan fingerprint density at radius 2 is 1.58 bits per heavy atom. The largest absolute Gasteiger partial charge is 0.0683 e. The summed E-state index contributed by atoms with van der Waals surface area (Å²) in [6.07, 6.45) is 3.41. The molecular weight excluding hydrogens is 228 g/mol. The molecule has 0 aromatic heterocycles. The Morgan fingerprint density at radius 3 is 2.26 bits per heavy atom. The maximum atomic E-state index is 2.32. The van der Waals surface area contributed by atoms with Crippen molar-refractivity contribution in [3.8, 4) is 11.1 Å². The van der Waals surface area contributed by atoms with Gasteiger partial charge < -0.3 is 0 Å². The monoisotopic (exact) mass is 248 g/mol. The fraction of sp³-hybridized carbons (Fsp3) is 0.263. The molecule has 0 saturated carbocycles. The summed E-state index contributed by atoms with van der Waals surface area (Å²) in [5.74, 6) is 0. The van der Waals surface area contributed by atoms with E-state index in [-0.39, 0.29) is 0 Å². The molecule has 0 fully saturated rings. The Labute approximate surface area is 115 Å². The number of fused-ring (bicyclic) bond motifs is 1. The minimum absolute atomic E-state index is 1.10. The zero-order valence-electron chi connectivity index (χ0n) is 12.2. The van der Waals surface area contributed by atoms with E-state index in [9.17, 15) is 0 Å². The van der Waals surface area contributed by atoms with Crippen LogP contribution < -0.4 is 0 Å². The first kappa shape index (κ1) is 12.2. The second-order valence-corrected chi connectivity index (χ2v) is 5.81. The molecule has 0 nitrogen and oxygen atoms in total. The second kappa shape index (κ2) is 4.38. The Morgan fingerprint density at radius 1 is 0.895 bits per heavy atom. The molecule has 0 heterocycles. The third kappa shape index (κ3) is 2.02. The van der Waals surface area contributed by atoms with Gasteiger partial charge in [0.15, 0.2) is 0 Å². The van der Waals surface area contributed by atoms with Gasteiger partial charge in [-0.2, -0.15) is 0 Å². The van der Waals surface area contributed by atoms with E-state index in [0.717, 1.165) is 6.42 Å². The molecule has 2 aromatic rings. The third-order valence-corrected chi connectivity index (χ3v) is 4.02. The van der Waals surface area contributed by atoms with Crippen molar-refractivity contribution in [1.29, 1.82) is 0 Å². The molecule has 2 aromatic carbocycles. The quantitative estimate of drug-likeness (QED) is 0.647. The van der Waals surface area contributed by atoms with Crippen LogP contribution >= 0.6 is 0 Å². The van der Waals surface area contributed by atoms with Gasteiger partial charge in [-0.25, -0.2) is 0 Å². The number of rotatable bonds is 1. The number of hydrogen-bond donors (Lipinski definition) is 0. The molecule has 96 valence electrons. The minimum Gasteiger partial charge on any atom is -0.0683 e. The SMILES string of the molecule is CC1=Cc2cccc(-c3c(C)cc(C)cc3C)c2C1. The van der Waals surface area contributed by atoms with Crippen LogP contribution in [0.25, 0.3) is 17.2 Å². The fourth-order valence-electron chi connectivity index (χ4n) is 3.37. The third-order valence-electron chi connectivity index (χ3n) is 4.02. The first-order chi connectivity index (χ1) is 9.06. The van der Waals surface area contributed by atoms with Gasteiger partial charge in [-0.1, -0.05) is 47.5 Å². The van der Waals surface area contributed by atoms with Crippen LogP contribution in [0.4, 0.5) is 0 Å². The molecule has 0 saturated heterocycles. The highest BCUT2D eigenvalue weighted by Crippen LogP contribution is 2.37. The summed E-state index contributed by atoms with van der Waals surface area (Å²) in [5.41, 5.74) is 11.3. The molecule has 0 radical (unpaired) electrons. The molecule has 1 aliphatic rings. The van der Waals surface area contributed by atoms with E-state index in [0.29, 0.717) is 0 Å². The fourth-order valence-corrected chi connectivity index (χ4v) is 3.37. The highest BCUT2D eigenvalue weighted by atomic mass is 14.2. The van der Waals surface area contributed by atoms with Crippen LogP contribution in [0.3, 0.4) is 0 Å². The van der Waals surface area contributed by atoms with Gasteiger partial charge in [0.25, 0.3) is 0 Å². The topological polar surface area (TPSA) is 0 Å². The number of benzene rings is 2. The van der Waals surface area contributed by atoms with E-state index in [4.69, 9.17) is 0 Å². The lowest BCUT2D eigenvalue weighted by Gasteiger charge is -2.15. The second-order valence-electron chi connectivity index (χ2n) is 5.81. The predicted octanol–water partition coefficient (Wildman–Crippen LogP) is 5.24. The maximum absolute atomic E-state index is 2.32. The van der Waals surface area contributed by atoms with Crippen molar-refractivity contribution in [3.63, 3.8) is 0 Å². The van der Waals surface area contributed by atoms with E-state index in [1.807, 2.05) is 0 Å². The Kier molecular flexibility index (Phi) is 2.82. The van der Waals surface area contributed by atoms with E-state index >= 15 is 0 Å². The summed E-state index contributed by atoms with van der Waals surface area (Å²) in [4.78, 5) is 0. The van der Waals surface area contributed by atoms with Gasteiger partial charge in [-0.3, -0.25) is 0 Å². The maximum Gasteiger partial charge on any atom is -0.00544 e. The summed E-state index contributed by atoms with van der Waals surface area (Å²) >= 11 is 0. The first-order valence-electron chi connectivity index (χ1n) is 6.93. The van der Waals surface area contributed by atoms with E-state index in [2.05, 4.69) is 64.1 Å². The van der Waals surface area contributed by atoms with Gasteiger partial charge in [-0.15, -0.1) is 0 Å². The highest BCUT2D eigenvalue weighted by Gasteiger charge is 2.17. The van der Waals surface area contributed by atoms with Gasteiger partial charge in [0, 0.05) is 0 Å². The standard InChI is InChI=1S/C19H20/c1-12-8-14(3)19(15(4)9-12)17-7-5-6-16-10-13(2)11-18(16)17/h5-10H,11H2,1-4H3. The molecule has 0 spiro atoms. The normalized spacial score (nSPS) is 13.4. The van der Waals surface area contributed by atoms with Gasteiger partial charge in [-0.05, 0) is 67.5 Å². The minimum atomic E-state index is 1.10. The van der Waals surface area contributed by atoms with Gasteiger partial charge in [0.1, 0.15) is 0 Å². The van der Waals surface area contributed by atoms with Crippen molar-refractivity contribution in [2.24, 2.45) is 0 Å². The molecule has 0 unspecified atom stereocenters. The van der Waals surface area contributed by atoms with Crippen LogP contribution in [0.5, 0.6) is 0 Å². The average Bonchev–Trinajstić information content (AvgIpc) is 2.68. The molecule has 0 N–H and O–H groups in total. The van der Waals surface area contributed by atoms with Crippen LogP contribution in [0, 0.1) is 20.8 Å². The van der Waals surface area contributed by atoms with Crippen LogP contribution in [0.15, 0.2) is 35.9 Å². The molecule has 1 aliphatic carbocycles. The summed E-state index contributed by atoms with van der Waals surface area (Å²) in [6.45, 7) is 8.84. The molecule has 19 heavy (non-hydrogen) atoms. The molecular formula is C19H20. The lowest BCUT2D eigenvalue weighted by molar-refractivity contribution is 1.19. The Balaban J connectivity index is 2.24. The highest BCUT2D eigenvalue weighted by molar-refractivity contribution is 5.80. The van der Waals surface area contributed by atoms with Crippen LogP contribution in [-0.4, -0.2) is 0 Å². The smallest absolute Gasteiger partial charge is 0.00544 e. The van der Waals surface area contributed by atoms with Crippen molar-refractivity contribution in [1.82, 2.24) is 0 Å².